The largest absolute Gasteiger partial charge is 0.491 e. The molecule has 160 valence electrons. The van der Waals surface area contributed by atoms with Crippen LogP contribution in [0, 0.1) is 12.8 Å². The van der Waals surface area contributed by atoms with E-state index in [1.54, 1.807) is 22.3 Å². The molecule has 1 aliphatic rings. The van der Waals surface area contributed by atoms with E-state index in [4.69, 9.17) is 4.74 Å². The Morgan fingerprint density at radius 3 is 2.70 bits per heavy atom. The highest BCUT2D eigenvalue weighted by atomic mass is 32.1. The van der Waals surface area contributed by atoms with Crippen LogP contribution in [0.3, 0.4) is 0 Å². The third-order valence-corrected chi connectivity index (χ3v) is 6.32. The Balaban J connectivity index is 1.77. The minimum Gasteiger partial charge on any atom is -0.491 e. The van der Waals surface area contributed by atoms with Crippen molar-refractivity contribution in [2.24, 2.45) is 5.92 Å². The van der Waals surface area contributed by atoms with Crippen molar-refractivity contribution in [3.63, 3.8) is 0 Å². The predicted molar refractivity (Wildman–Crippen MR) is 121 cm³/mol. The zero-order valence-corrected chi connectivity index (χ0v) is 18.8. The molecule has 0 aliphatic carbocycles. The molecule has 0 unspecified atom stereocenters. The van der Waals surface area contributed by atoms with Gasteiger partial charge in [0, 0.05) is 23.9 Å². The first-order chi connectivity index (χ1) is 14.4. The Morgan fingerprint density at radius 2 is 2.03 bits per heavy atom. The number of hydrogen-bond donors (Lipinski definition) is 0. The van der Waals surface area contributed by atoms with E-state index in [0.717, 1.165) is 17.7 Å². The van der Waals surface area contributed by atoms with Crippen molar-refractivity contribution in [1.29, 1.82) is 0 Å². The fourth-order valence-electron chi connectivity index (χ4n) is 3.69. The van der Waals surface area contributed by atoms with Crippen molar-refractivity contribution >= 4 is 23.2 Å². The standard InChI is InChI=1S/C24H30N2O3S/c1-5-12-25(24(28)17(2)3)15-23(27)26-13-10-22-20(11-14-30-22)21(26)16-29-19-8-6-18(4)7-9-19/h5-9,11,14,17,21H,1,10,12-13,15-16H2,2-4H3/t21-/m1/s1. The van der Waals surface area contributed by atoms with Gasteiger partial charge in [-0.05, 0) is 42.5 Å². The summed E-state index contributed by atoms with van der Waals surface area (Å²) in [5.74, 6) is 0.533. The second-order valence-electron chi connectivity index (χ2n) is 7.94. The van der Waals surface area contributed by atoms with E-state index in [-0.39, 0.29) is 30.3 Å². The number of nitrogens with zero attached hydrogens (tertiary/aromatic N) is 2. The Labute approximate surface area is 182 Å². The number of thiophene rings is 1. The first kappa shape index (κ1) is 22.1. The van der Waals surface area contributed by atoms with Crippen molar-refractivity contribution < 1.29 is 14.3 Å². The first-order valence-electron chi connectivity index (χ1n) is 10.4. The lowest BCUT2D eigenvalue weighted by atomic mass is 10.00. The van der Waals surface area contributed by atoms with Crippen molar-refractivity contribution in [2.75, 3.05) is 26.2 Å². The molecule has 0 bridgehead atoms. The van der Waals surface area contributed by atoms with E-state index in [0.29, 0.717) is 19.7 Å². The van der Waals surface area contributed by atoms with Crippen molar-refractivity contribution in [3.05, 3.63) is 64.4 Å². The van der Waals surface area contributed by atoms with Gasteiger partial charge in [0.25, 0.3) is 0 Å². The van der Waals surface area contributed by atoms with Crippen LogP contribution in [-0.2, 0) is 16.0 Å². The van der Waals surface area contributed by atoms with Crippen LogP contribution in [-0.4, -0.2) is 47.9 Å². The molecule has 6 heteroatoms. The number of hydrogen-bond acceptors (Lipinski definition) is 4. The third kappa shape index (κ3) is 5.11. The van der Waals surface area contributed by atoms with Crippen LogP contribution in [0.5, 0.6) is 5.75 Å². The third-order valence-electron chi connectivity index (χ3n) is 5.33. The average Bonchev–Trinajstić information content (AvgIpc) is 3.21. The highest BCUT2D eigenvalue weighted by Gasteiger charge is 2.33. The van der Waals surface area contributed by atoms with Gasteiger partial charge in [-0.3, -0.25) is 9.59 Å². The summed E-state index contributed by atoms with van der Waals surface area (Å²) in [4.78, 5) is 30.5. The molecule has 0 spiro atoms. The predicted octanol–water partition coefficient (Wildman–Crippen LogP) is 4.23. The molecule has 0 saturated heterocycles. The maximum atomic E-state index is 13.3. The van der Waals surface area contributed by atoms with Gasteiger partial charge in [0.2, 0.25) is 11.8 Å². The van der Waals surface area contributed by atoms with Gasteiger partial charge in [-0.2, -0.15) is 0 Å². The minimum atomic E-state index is -0.164. The molecule has 5 nitrogen and oxygen atoms in total. The van der Waals surface area contributed by atoms with Gasteiger partial charge in [-0.1, -0.05) is 37.6 Å². The van der Waals surface area contributed by atoms with Gasteiger partial charge < -0.3 is 14.5 Å². The first-order valence-corrected chi connectivity index (χ1v) is 11.2. The van der Waals surface area contributed by atoms with Gasteiger partial charge in [-0.15, -0.1) is 17.9 Å². The van der Waals surface area contributed by atoms with Crippen molar-refractivity contribution in [2.45, 2.75) is 33.2 Å². The van der Waals surface area contributed by atoms with E-state index >= 15 is 0 Å². The number of aryl methyl sites for hydroxylation is 1. The molecule has 1 aliphatic heterocycles. The number of carbonyl (C=O) groups excluding carboxylic acids is 2. The summed E-state index contributed by atoms with van der Waals surface area (Å²) < 4.78 is 6.06. The second kappa shape index (κ2) is 9.94. The SMILES string of the molecule is C=CCN(CC(=O)N1CCc2sccc2[C@H]1COc1ccc(C)cc1)C(=O)C(C)C. The lowest BCUT2D eigenvalue weighted by Crippen LogP contribution is -2.48. The van der Waals surface area contributed by atoms with Gasteiger partial charge >= 0.3 is 0 Å². The maximum Gasteiger partial charge on any atom is 0.242 e. The van der Waals surface area contributed by atoms with Crippen molar-refractivity contribution in [3.8, 4) is 5.75 Å². The number of carbonyl (C=O) groups is 2. The van der Waals surface area contributed by atoms with Crippen LogP contribution in [0.1, 0.15) is 35.9 Å². The molecule has 30 heavy (non-hydrogen) atoms. The molecule has 2 aromatic rings. The van der Waals surface area contributed by atoms with E-state index in [2.05, 4.69) is 18.0 Å². The fraction of sp³-hybridized carbons (Fsp3) is 0.417. The maximum absolute atomic E-state index is 13.3. The Morgan fingerprint density at radius 1 is 1.30 bits per heavy atom. The van der Waals surface area contributed by atoms with E-state index in [1.165, 1.54) is 10.4 Å². The number of rotatable bonds is 8. The Hall–Kier alpha value is -2.60. The number of ether oxygens (including phenoxy) is 1. The molecular weight excluding hydrogens is 396 g/mol. The molecule has 2 amide bonds. The van der Waals surface area contributed by atoms with Gasteiger partial charge in [0.05, 0.1) is 6.04 Å². The molecule has 0 fully saturated rings. The summed E-state index contributed by atoms with van der Waals surface area (Å²) in [6.07, 6.45) is 2.50. The monoisotopic (exact) mass is 426 g/mol. The van der Waals surface area contributed by atoms with E-state index < -0.39 is 0 Å². The van der Waals surface area contributed by atoms with Gasteiger partial charge in [-0.25, -0.2) is 0 Å². The molecule has 0 saturated carbocycles. The quantitative estimate of drug-likeness (QED) is 0.594. The zero-order chi connectivity index (χ0) is 21.7. The molecular formula is C24H30N2O3S. The lowest BCUT2D eigenvalue weighted by Gasteiger charge is -2.37. The van der Waals surface area contributed by atoms with Gasteiger partial charge in [0.1, 0.15) is 18.9 Å². The second-order valence-corrected chi connectivity index (χ2v) is 8.94. The summed E-state index contributed by atoms with van der Waals surface area (Å²) in [5.41, 5.74) is 2.33. The summed E-state index contributed by atoms with van der Waals surface area (Å²) in [6, 6.07) is 9.86. The molecule has 3 rings (SSSR count). The summed E-state index contributed by atoms with van der Waals surface area (Å²) >= 11 is 1.73. The van der Waals surface area contributed by atoms with Crippen LogP contribution < -0.4 is 4.74 Å². The molecule has 2 heterocycles. The average molecular weight is 427 g/mol. The van der Waals surface area contributed by atoms with Gasteiger partial charge in [0.15, 0.2) is 0 Å². The smallest absolute Gasteiger partial charge is 0.242 e. The van der Waals surface area contributed by atoms with E-state index in [9.17, 15) is 9.59 Å². The Bertz CT molecular complexity index is 888. The highest BCUT2D eigenvalue weighted by molar-refractivity contribution is 7.10. The van der Waals surface area contributed by atoms with Crippen LogP contribution in [0.2, 0.25) is 0 Å². The number of amides is 2. The fourth-order valence-corrected chi connectivity index (χ4v) is 4.62. The van der Waals surface area contributed by atoms with E-state index in [1.807, 2.05) is 49.9 Å². The van der Waals surface area contributed by atoms with Crippen LogP contribution >= 0.6 is 11.3 Å². The lowest BCUT2D eigenvalue weighted by molar-refractivity contribution is -0.143. The molecule has 1 atom stereocenters. The summed E-state index contributed by atoms with van der Waals surface area (Å²) in [6.45, 7) is 10.9. The van der Waals surface area contributed by atoms with Crippen LogP contribution in [0.25, 0.3) is 0 Å². The number of benzene rings is 1. The summed E-state index contributed by atoms with van der Waals surface area (Å²) in [7, 11) is 0. The molecule has 1 aromatic heterocycles. The molecule has 0 N–H and O–H groups in total. The highest BCUT2D eigenvalue weighted by Crippen LogP contribution is 2.34. The molecule has 1 aromatic carbocycles. The van der Waals surface area contributed by atoms with Crippen LogP contribution in [0.4, 0.5) is 0 Å². The minimum absolute atomic E-state index is 0.0380. The van der Waals surface area contributed by atoms with Crippen molar-refractivity contribution in [1.82, 2.24) is 9.80 Å². The summed E-state index contributed by atoms with van der Waals surface area (Å²) in [5, 5.41) is 2.07. The normalized spacial score (nSPS) is 15.6. The zero-order valence-electron chi connectivity index (χ0n) is 18.0. The topological polar surface area (TPSA) is 49.9 Å². The molecule has 0 radical (unpaired) electrons. The number of fused-ring (bicyclic) bond motifs is 1. The Kier molecular flexibility index (Phi) is 7.32. The van der Waals surface area contributed by atoms with Crippen LogP contribution in [0.15, 0.2) is 48.4 Å².